The summed E-state index contributed by atoms with van der Waals surface area (Å²) in [5, 5.41) is 4.04. The average Bonchev–Trinajstić information content (AvgIpc) is 2.82. The predicted molar refractivity (Wildman–Crippen MR) is 72.3 cm³/mol. The van der Waals surface area contributed by atoms with Crippen LogP contribution in [0.1, 0.15) is 43.1 Å². The topological polar surface area (TPSA) is 64.9 Å². The van der Waals surface area contributed by atoms with Crippen LogP contribution in [0, 0.1) is 13.8 Å². The molecule has 0 radical (unpaired) electrons. The first kappa shape index (κ1) is 12.6. The van der Waals surface area contributed by atoms with Crippen molar-refractivity contribution < 1.29 is 4.52 Å². The maximum Gasteiger partial charge on any atom is 0.258 e. The van der Waals surface area contributed by atoms with Crippen molar-refractivity contribution >= 4 is 5.69 Å². The molecule has 1 unspecified atom stereocenters. The Morgan fingerprint density at radius 3 is 2.72 bits per heavy atom. The number of anilines is 1. The Hall–Kier alpha value is -1.84. The van der Waals surface area contributed by atoms with Crippen molar-refractivity contribution in [1.29, 1.82) is 0 Å². The van der Waals surface area contributed by atoms with Crippen LogP contribution < -0.4 is 5.73 Å². The van der Waals surface area contributed by atoms with Crippen LogP contribution in [0.5, 0.6) is 0 Å². The van der Waals surface area contributed by atoms with E-state index in [9.17, 15) is 0 Å². The second kappa shape index (κ2) is 4.80. The van der Waals surface area contributed by atoms with E-state index in [0.29, 0.717) is 11.8 Å². The molecule has 0 fully saturated rings. The monoisotopic (exact) mass is 245 g/mol. The largest absolute Gasteiger partial charge is 0.399 e. The molecule has 0 amide bonds. The van der Waals surface area contributed by atoms with E-state index in [1.165, 1.54) is 0 Å². The minimum atomic E-state index is 0.310. The predicted octanol–water partition coefficient (Wildman–Crippen LogP) is 3.45. The van der Waals surface area contributed by atoms with Crippen molar-refractivity contribution in [2.45, 2.75) is 40.0 Å². The SMILES string of the molecule is CCC(C)c1noc(-c2cc(N)cc(C)c2C)n1. The highest BCUT2D eigenvalue weighted by molar-refractivity contribution is 5.66. The van der Waals surface area contributed by atoms with Gasteiger partial charge in [0.05, 0.1) is 0 Å². The fourth-order valence-electron chi connectivity index (χ4n) is 1.84. The quantitative estimate of drug-likeness (QED) is 0.841. The fourth-order valence-corrected chi connectivity index (χ4v) is 1.84. The normalized spacial score (nSPS) is 12.7. The molecule has 96 valence electrons. The summed E-state index contributed by atoms with van der Waals surface area (Å²) in [6.45, 7) is 8.26. The van der Waals surface area contributed by atoms with Crippen LogP contribution in [0.2, 0.25) is 0 Å². The highest BCUT2D eigenvalue weighted by Crippen LogP contribution is 2.28. The van der Waals surface area contributed by atoms with E-state index >= 15 is 0 Å². The average molecular weight is 245 g/mol. The minimum absolute atomic E-state index is 0.310. The van der Waals surface area contributed by atoms with Gasteiger partial charge in [-0.2, -0.15) is 4.98 Å². The van der Waals surface area contributed by atoms with Gasteiger partial charge in [0.15, 0.2) is 5.82 Å². The van der Waals surface area contributed by atoms with Gasteiger partial charge in [-0.1, -0.05) is 19.0 Å². The van der Waals surface area contributed by atoms with Gasteiger partial charge >= 0.3 is 0 Å². The lowest BCUT2D eigenvalue weighted by molar-refractivity contribution is 0.416. The van der Waals surface area contributed by atoms with Crippen LogP contribution in [0.15, 0.2) is 16.7 Å². The number of nitrogens with two attached hydrogens (primary N) is 1. The Bertz CT molecular complexity index is 560. The van der Waals surface area contributed by atoms with Gasteiger partial charge in [0, 0.05) is 17.2 Å². The standard InChI is InChI=1S/C14H19N3O/c1-5-8(2)13-16-14(18-17-13)12-7-11(15)6-9(3)10(12)4/h6-8H,5,15H2,1-4H3. The van der Waals surface area contributed by atoms with E-state index in [4.69, 9.17) is 10.3 Å². The number of aryl methyl sites for hydroxylation is 1. The van der Waals surface area contributed by atoms with Crippen molar-refractivity contribution in [3.8, 4) is 11.5 Å². The lowest BCUT2D eigenvalue weighted by Gasteiger charge is -2.06. The second-order valence-electron chi connectivity index (χ2n) is 4.78. The molecule has 4 nitrogen and oxygen atoms in total. The molecular formula is C14H19N3O. The zero-order chi connectivity index (χ0) is 13.3. The van der Waals surface area contributed by atoms with Crippen LogP contribution in [0.3, 0.4) is 0 Å². The molecule has 0 bridgehead atoms. The van der Waals surface area contributed by atoms with Crippen LogP contribution in [-0.2, 0) is 0 Å². The molecule has 0 spiro atoms. The van der Waals surface area contributed by atoms with E-state index < -0.39 is 0 Å². The van der Waals surface area contributed by atoms with Crippen molar-refractivity contribution in [2.75, 3.05) is 5.73 Å². The summed E-state index contributed by atoms with van der Waals surface area (Å²) in [4.78, 5) is 4.46. The third kappa shape index (κ3) is 2.23. The van der Waals surface area contributed by atoms with Crippen molar-refractivity contribution in [3.05, 3.63) is 29.1 Å². The number of nitrogens with zero attached hydrogens (tertiary/aromatic N) is 2. The van der Waals surface area contributed by atoms with E-state index in [2.05, 4.69) is 24.0 Å². The van der Waals surface area contributed by atoms with Gasteiger partial charge < -0.3 is 10.3 Å². The fraction of sp³-hybridized carbons (Fsp3) is 0.429. The molecule has 2 aromatic rings. The number of hydrogen-bond donors (Lipinski definition) is 1. The Morgan fingerprint density at radius 1 is 1.33 bits per heavy atom. The molecule has 1 aromatic heterocycles. The number of hydrogen-bond acceptors (Lipinski definition) is 4. The molecule has 4 heteroatoms. The molecule has 0 saturated heterocycles. The maximum absolute atomic E-state index is 5.87. The number of benzene rings is 1. The van der Waals surface area contributed by atoms with E-state index in [1.807, 2.05) is 26.0 Å². The Morgan fingerprint density at radius 2 is 2.06 bits per heavy atom. The molecule has 1 aromatic carbocycles. The first-order valence-corrected chi connectivity index (χ1v) is 6.23. The van der Waals surface area contributed by atoms with E-state index in [-0.39, 0.29) is 0 Å². The summed E-state index contributed by atoms with van der Waals surface area (Å²) in [7, 11) is 0. The maximum atomic E-state index is 5.87. The first-order valence-electron chi connectivity index (χ1n) is 6.23. The van der Waals surface area contributed by atoms with Gasteiger partial charge in [0.1, 0.15) is 0 Å². The molecule has 18 heavy (non-hydrogen) atoms. The molecule has 1 heterocycles. The second-order valence-corrected chi connectivity index (χ2v) is 4.78. The summed E-state index contributed by atoms with van der Waals surface area (Å²) in [6, 6.07) is 3.83. The lowest BCUT2D eigenvalue weighted by Crippen LogP contribution is -1.95. The molecular weight excluding hydrogens is 226 g/mol. The van der Waals surface area contributed by atoms with Crippen molar-refractivity contribution in [2.24, 2.45) is 0 Å². The summed E-state index contributed by atoms with van der Waals surface area (Å²) < 4.78 is 5.35. The summed E-state index contributed by atoms with van der Waals surface area (Å²) in [5.41, 5.74) is 9.77. The molecule has 0 aliphatic rings. The number of nitrogen functional groups attached to an aromatic ring is 1. The third-order valence-corrected chi connectivity index (χ3v) is 3.41. The molecule has 2 rings (SSSR count). The smallest absolute Gasteiger partial charge is 0.258 e. The molecule has 0 saturated carbocycles. The van der Waals surface area contributed by atoms with Crippen LogP contribution >= 0.6 is 0 Å². The zero-order valence-corrected chi connectivity index (χ0v) is 11.3. The molecule has 0 aliphatic heterocycles. The summed E-state index contributed by atoms with van der Waals surface area (Å²) in [6.07, 6.45) is 0.994. The molecule has 0 aliphatic carbocycles. The van der Waals surface area contributed by atoms with Crippen LogP contribution in [-0.4, -0.2) is 10.1 Å². The zero-order valence-electron chi connectivity index (χ0n) is 11.3. The van der Waals surface area contributed by atoms with Gasteiger partial charge in [-0.15, -0.1) is 0 Å². The van der Waals surface area contributed by atoms with Crippen LogP contribution in [0.4, 0.5) is 5.69 Å². The van der Waals surface area contributed by atoms with Crippen LogP contribution in [0.25, 0.3) is 11.5 Å². The van der Waals surface area contributed by atoms with Crippen molar-refractivity contribution in [1.82, 2.24) is 10.1 Å². The number of rotatable bonds is 3. The van der Waals surface area contributed by atoms with E-state index in [0.717, 1.165) is 34.6 Å². The van der Waals surface area contributed by atoms with Gasteiger partial charge in [-0.3, -0.25) is 0 Å². The molecule has 1 atom stereocenters. The highest BCUT2D eigenvalue weighted by Gasteiger charge is 2.16. The Labute approximate surface area is 107 Å². The minimum Gasteiger partial charge on any atom is -0.399 e. The Balaban J connectivity index is 2.46. The van der Waals surface area contributed by atoms with E-state index in [1.54, 1.807) is 0 Å². The third-order valence-electron chi connectivity index (χ3n) is 3.41. The van der Waals surface area contributed by atoms with Gasteiger partial charge in [-0.25, -0.2) is 0 Å². The Kier molecular flexibility index (Phi) is 3.36. The van der Waals surface area contributed by atoms with Gasteiger partial charge in [-0.05, 0) is 43.5 Å². The lowest BCUT2D eigenvalue weighted by atomic mass is 10.0. The van der Waals surface area contributed by atoms with Crippen molar-refractivity contribution in [3.63, 3.8) is 0 Å². The van der Waals surface area contributed by atoms with Gasteiger partial charge in [0.2, 0.25) is 0 Å². The number of aromatic nitrogens is 2. The summed E-state index contributed by atoms with van der Waals surface area (Å²) in [5.74, 6) is 1.62. The summed E-state index contributed by atoms with van der Waals surface area (Å²) >= 11 is 0. The van der Waals surface area contributed by atoms with Gasteiger partial charge in [0.25, 0.3) is 5.89 Å². The highest BCUT2D eigenvalue weighted by atomic mass is 16.5. The first-order chi connectivity index (χ1) is 8.52. The molecule has 2 N–H and O–H groups in total.